The van der Waals surface area contributed by atoms with Gasteiger partial charge in [-0.05, 0) is 167 Å². The van der Waals surface area contributed by atoms with Crippen LogP contribution in [-0.2, 0) is 10.8 Å². The van der Waals surface area contributed by atoms with Crippen molar-refractivity contribution in [2.75, 3.05) is 17.2 Å². The largest absolute Gasteiger partial charge is 0.455 e. The Hall–Kier alpha value is -3.45. The lowest BCUT2D eigenvalue weighted by Crippen LogP contribution is -2.50. The summed E-state index contributed by atoms with van der Waals surface area (Å²) in [6.45, 7) is 0. The van der Waals surface area contributed by atoms with E-state index in [9.17, 15) is 0 Å². The number of nitrogens with two attached hydrogens (primary N) is 3. The summed E-state index contributed by atoms with van der Waals surface area (Å²) in [6.07, 6.45) is 14.4. The summed E-state index contributed by atoms with van der Waals surface area (Å²) in [5, 5.41) is 1.67. The lowest BCUT2D eigenvalue weighted by molar-refractivity contribution is -0.0110. The van der Waals surface area contributed by atoms with Gasteiger partial charge in [0.1, 0.15) is 34.5 Å². The predicted octanol–water partition coefficient (Wildman–Crippen LogP) is 12.7. The number of benzene rings is 4. The van der Waals surface area contributed by atoms with E-state index in [0.29, 0.717) is 96.4 Å². The van der Waals surface area contributed by atoms with E-state index in [1.54, 1.807) is 18.2 Å². The SMILES string of the molecule is Nc1cc(Cl)ccc1Oc1cc(Oc2ccc(Cl)cc2N)c(C23CC4CC(CC(C4)C2)C3)c(Oc2ccc(Cl)cc2N)c1C12CC3CC(CC(C3)C1)C2. The topological polar surface area (TPSA) is 106 Å². The third kappa shape index (κ3) is 5.90. The first kappa shape index (κ1) is 34.1. The number of anilines is 3. The average molecular weight is 771 g/mol. The van der Waals surface area contributed by atoms with Crippen molar-refractivity contribution in [3.05, 3.63) is 86.9 Å². The summed E-state index contributed by atoms with van der Waals surface area (Å²) in [7, 11) is 0. The number of halogens is 3. The van der Waals surface area contributed by atoms with Crippen molar-refractivity contribution in [1.29, 1.82) is 0 Å². The molecule has 0 saturated heterocycles. The van der Waals surface area contributed by atoms with Gasteiger partial charge in [-0.3, -0.25) is 0 Å². The molecule has 0 aromatic heterocycles. The summed E-state index contributed by atoms with van der Waals surface area (Å²) < 4.78 is 21.5. The van der Waals surface area contributed by atoms with Crippen LogP contribution in [0.4, 0.5) is 17.1 Å². The maximum Gasteiger partial charge on any atom is 0.150 e. The van der Waals surface area contributed by atoms with Crippen LogP contribution in [0.2, 0.25) is 15.1 Å². The standard InChI is InChI=1S/C44H46Cl3N3O3/c45-29-1-4-35(32(48)13-29)51-38-16-39(52-36-5-2-30(46)14-33(36)49)41(44-20-26-10-27(21-44)12-28(11-26)22-44)42(53-37-6-3-31(47)15-34(37)50)40(38)43-17-23-7-24(18-43)9-25(8-23)19-43/h1-6,13-16,23-28H,7-12,17-22,48-50H2. The van der Waals surface area contributed by atoms with E-state index in [0.717, 1.165) is 55.4 Å². The number of hydrogen-bond acceptors (Lipinski definition) is 6. The van der Waals surface area contributed by atoms with Gasteiger partial charge in [0.05, 0.1) is 17.1 Å². The lowest BCUT2D eigenvalue weighted by atomic mass is 9.46. The minimum atomic E-state index is -0.142. The molecule has 0 amide bonds. The number of rotatable bonds is 8. The fourth-order valence-electron chi connectivity index (χ4n) is 12.9. The minimum Gasteiger partial charge on any atom is -0.455 e. The molecule has 4 aromatic carbocycles. The number of ether oxygens (including phenoxy) is 3. The predicted molar refractivity (Wildman–Crippen MR) is 214 cm³/mol. The molecule has 0 unspecified atom stereocenters. The molecule has 0 heterocycles. The normalized spacial score (nSPS) is 31.9. The zero-order valence-electron chi connectivity index (χ0n) is 29.8. The summed E-state index contributed by atoms with van der Waals surface area (Å²) in [5.41, 5.74) is 23.4. The monoisotopic (exact) mass is 769 g/mol. The molecule has 8 aliphatic rings. The van der Waals surface area contributed by atoms with E-state index in [4.69, 9.17) is 66.2 Å². The smallest absolute Gasteiger partial charge is 0.150 e. The Labute approximate surface area is 326 Å². The number of nitrogen functional groups attached to an aromatic ring is 3. The van der Waals surface area contributed by atoms with Gasteiger partial charge in [0.2, 0.25) is 0 Å². The molecule has 8 fully saturated rings. The van der Waals surface area contributed by atoms with Gasteiger partial charge in [-0.15, -0.1) is 0 Å². The number of hydrogen-bond donors (Lipinski definition) is 3. The van der Waals surface area contributed by atoms with Crippen molar-refractivity contribution in [3.8, 4) is 34.5 Å². The molecule has 8 aliphatic carbocycles. The minimum absolute atomic E-state index is 0.142. The molecule has 0 spiro atoms. The molecule has 0 aliphatic heterocycles. The summed E-state index contributed by atoms with van der Waals surface area (Å²) in [4.78, 5) is 0. The maximum atomic E-state index is 7.41. The van der Waals surface area contributed by atoms with E-state index in [-0.39, 0.29) is 10.8 Å². The summed E-state index contributed by atoms with van der Waals surface area (Å²) in [6, 6.07) is 18.5. The average Bonchev–Trinajstić information content (AvgIpc) is 3.07. The molecule has 8 bridgehead atoms. The van der Waals surface area contributed by atoms with Crippen LogP contribution in [0.25, 0.3) is 0 Å². The first-order chi connectivity index (χ1) is 25.5. The van der Waals surface area contributed by atoms with Crippen molar-refractivity contribution in [3.63, 3.8) is 0 Å². The van der Waals surface area contributed by atoms with Gasteiger partial charge < -0.3 is 31.4 Å². The second-order valence-corrected chi connectivity index (χ2v) is 19.0. The van der Waals surface area contributed by atoms with Gasteiger partial charge in [-0.1, -0.05) is 34.8 Å². The first-order valence-electron chi connectivity index (χ1n) is 19.4. The molecule has 8 saturated carbocycles. The highest BCUT2D eigenvalue weighted by atomic mass is 35.5. The van der Waals surface area contributed by atoms with Crippen LogP contribution in [0.1, 0.15) is 88.2 Å². The Balaban J connectivity index is 1.28. The van der Waals surface area contributed by atoms with Gasteiger partial charge in [-0.25, -0.2) is 0 Å². The van der Waals surface area contributed by atoms with Crippen molar-refractivity contribution in [2.45, 2.75) is 87.9 Å². The molecule has 4 aromatic rings. The molecule has 276 valence electrons. The summed E-state index contributed by atoms with van der Waals surface area (Å²) >= 11 is 19.3. The summed E-state index contributed by atoms with van der Waals surface area (Å²) in [5.74, 6) is 7.93. The highest BCUT2D eigenvalue weighted by molar-refractivity contribution is 6.31. The molecular weight excluding hydrogens is 725 g/mol. The van der Waals surface area contributed by atoms with Crippen molar-refractivity contribution in [2.24, 2.45) is 35.5 Å². The van der Waals surface area contributed by atoms with Gasteiger partial charge >= 0.3 is 0 Å². The van der Waals surface area contributed by atoms with Crippen LogP contribution < -0.4 is 31.4 Å². The van der Waals surface area contributed by atoms with Crippen LogP contribution >= 0.6 is 34.8 Å². The van der Waals surface area contributed by atoms with Crippen molar-refractivity contribution in [1.82, 2.24) is 0 Å². The third-order valence-electron chi connectivity index (χ3n) is 13.9. The Morgan fingerprint density at radius 1 is 0.415 bits per heavy atom. The van der Waals surface area contributed by atoms with E-state index in [1.165, 1.54) is 38.5 Å². The third-order valence-corrected chi connectivity index (χ3v) is 14.6. The zero-order chi connectivity index (χ0) is 36.2. The molecular formula is C44H46Cl3N3O3. The molecule has 0 atom stereocenters. The fourth-order valence-corrected chi connectivity index (χ4v) is 13.4. The Morgan fingerprint density at radius 3 is 1.02 bits per heavy atom. The highest BCUT2D eigenvalue weighted by Gasteiger charge is 2.58. The van der Waals surface area contributed by atoms with Crippen LogP contribution in [-0.4, -0.2) is 0 Å². The molecule has 0 radical (unpaired) electrons. The van der Waals surface area contributed by atoms with Gasteiger partial charge in [0.15, 0.2) is 0 Å². The highest BCUT2D eigenvalue weighted by Crippen LogP contribution is 2.69. The molecule has 6 N–H and O–H groups in total. The second-order valence-electron chi connectivity index (χ2n) is 17.7. The van der Waals surface area contributed by atoms with Crippen LogP contribution in [0, 0.1) is 35.5 Å². The van der Waals surface area contributed by atoms with E-state index in [1.807, 2.05) is 36.4 Å². The fraction of sp³-hybridized carbons (Fsp3) is 0.455. The van der Waals surface area contributed by atoms with Gasteiger partial charge in [0, 0.05) is 43.1 Å². The first-order valence-corrected chi connectivity index (χ1v) is 20.6. The van der Waals surface area contributed by atoms with Crippen molar-refractivity contribution < 1.29 is 14.2 Å². The van der Waals surface area contributed by atoms with Crippen LogP contribution in [0.5, 0.6) is 34.5 Å². The van der Waals surface area contributed by atoms with Crippen LogP contribution in [0.15, 0.2) is 60.7 Å². The quantitative estimate of drug-likeness (QED) is 0.154. The van der Waals surface area contributed by atoms with Gasteiger partial charge in [-0.2, -0.15) is 0 Å². The van der Waals surface area contributed by atoms with E-state index in [2.05, 4.69) is 6.07 Å². The van der Waals surface area contributed by atoms with Gasteiger partial charge in [0.25, 0.3) is 0 Å². The Kier molecular flexibility index (Phi) is 8.06. The molecule has 53 heavy (non-hydrogen) atoms. The molecule has 6 nitrogen and oxygen atoms in total. The van der Waals surface area contributed by atoms with Crippen LogP contribution in [0.3, 0.4) is 0 Å². The maximum absolute atomic E-state index is 7.41. The van der Waals surface area contributed by atoms with Crippen molar-refractivity contribution >= 4 is 51.9 Å². The Morgan fingerprint density at radius 2 is 0.717 bits per heavy atom. The zero-order valence-corrected chi connectivity index (χ0v) is 32.1. The Bertz CT molecular complexity index is 1940. The van der Waals surface area contributed by atoms with E-state index < -0.39 is 0 Å². The van der Waals surface area contributed by atoms with E-state index >= 15 is 0 Å². The second kappa shape index (κ2) is 12.5. The molecule has 9 heteroatoms. The molecule has 12 rings (SSSR count). The lowest BCUT2D eigenvalue weighted by Gasteiger charge is -2.59.